The molecule has 2 N–H and O–H groups in total. The predicted molar refractivity (Wildman–Crippen MR) is 143 cm³/mol. The summed E-state index contributed by atoms with van der Waals surface area (Å²) in [5.41, 5.74) is 6.87. The highest BCUT2D eigenvalue weighted by molar-refractivity contribution is 7.92. The molecule has 2 aliphatic rings. The molecule has 1 aromatic carbocycles. The highest BCUT2D eigenvalue weighted by Gasteiger charge is 2.40. The predicted octanol–water partition coefficient (Wildman–Crippen LogP) is 4.55. The molecule has 38 heavy (non-hydrogen) atoms. The van der Waals surface area contributed by atoms with Crippen molar-refractivity contribution in [3.8, 4) is 17.0 Å². The molecule has 10 heteroatoms. The topological polar surface area (TPSA) is 115 Å². The van der Waals surface area contributed by atoms with E-state index in [4.69, 9.17) is 15.5 Å². The highest BCUT2D eigenvalue weighted by atomic mass is 32.2. The van der Waals surface area contributed by atoms with Gasteiger partial charge in [0, 0.05) is 24.2 Å². The van der Waals surface area contributed by atoms with Crippen LogP contribution in [-0.2, 0) is 9.84 Å². The number of halogens is 1. The Morgan fingerprint density at radius 3 is 2.66 bits per heavy atom. The van der Waals surface area contributed by atoms with E-state index < -0.39 is 27.2 Å². The number of nitrogen functional groups attached to an aromatic ring is 1. The highest BCUT2D eigenvalue weighted by Crippen LogP contribution is 2.41. The van der Waals surface area contributed by atoms with Crippen molar-refractivity contribution in [2.75, 3.05) is 29.5 Å². The number of hydrogen-bond donors (Lipinski definition) is 1. The fourth-order valence-corrected chi connectivity index (χ4v) is 6.39. The second kappa shape index (κ2) is 10.3. The van der Waals surface area contributed by atoms with Crippen molar-refractivity contribution in [1.82, 2.24) is 9.97 Å². The van der Waals surface area contributed by atoms with E-state index in [0.717, 1.165) is 25.8 Å². The summed E-state index contributed by atoms with van der Waals surface area (Å²) in [6, 6.07) is 12.2. The van der Waals surface area contributed by atoms with Crippen LogP contribution in [-0.4, -0.2) is 49.1 Å². The van der Waals surface area contributed by atoms with E-state index in [0.29, 0.717) is 35.3 Å². The Hall–Kier alpha value is -3.53. The van der Waals surface area contributed by atoms with Crippen LogP contribution >= 0.6 is 0 Å². The fourth-order valence-electron chi connectivity index (χ4n) is 5.21. The molecule has 0 amide bonds. The van der Waals surface area contributed by atoms with Crippen LogP contribution in [0.2, 0.25) is 0 Å². The molecule has 3 aromatic rings. The van der Waals surface area contributed by atoms with E-state index in [-0.39, 0.29) is 28.4 Å². The Bertz CT molecular complexity index is 1480. The maximum Gasteiger partial charge on any atom is 0.203 e. The first-order chi connectivity index (χ1) is 18.1. The number of nitrogens with two attached hydrogens (primary N) is 1. The Balaban J connectivity index is 1.51. The van der Waals surface area contributed by atoms with Crippen LogP contribution in [0.3, 0.4) is 0 Å². The largest absolute Gasteiger partial charge is 0.493 e. The van der Waals surface area contributed by atoms with Gasteiger partial charge in [0.15, 0.2) is 10.8 Å². The van der Waals surface area contributed by atoms with Crippen molar-refractivity contribution in [2.45, 2.75) is 44.2 Å². The average molecular weight is 539 g/mol. The van der Waals surface area contributed by atoms with Crippen LogP contribution in [0.5, 0.6) is 5.75 Å². The molecule has 0 radical (unpaired) electrons. The number of carbonyl (C=O) groups is 1. The zero-order chi connectivity index (χ0) is 27.0. The van der Waals surface area contributed by atoms with E-state index in [1.165, 1.54) is 30.3 Å². The first kappa shape index (κ1) is 26.1. The number of pyridine rings is 2. The number of piperidine rings is 1. The van der Waals surface area contributed by atoms with Crippen molar-refractivity contribution in [3.63, 3.8) is 0 Å². The number of aromatic nitrogens is 2. The van der Waals surface area contributed by atoms with Gasteiger partial charge in [0.05, 0.1) is 17.9 Å². The van der Waals surface area contributed by atoms with Crippen molar-refractivity contribution in [2.24, 2.45) is 11.8 Å². The van der Waals surface area contributed by atoms with Crippen LogP contribution in [0, 0.1) is 17.7 Å². The van der Waals surface area contributed by atoms with Gasteiger partial charge in [-0.25, -0.2) is 22.8 Å². The number of ketones is 1. The quantitative estimate of drug-likeness (QED) is 0.395. The van der Waals surface area contributed by atoms with Crippen LogP contribution < -0.4 is 15.4 Å². The second-order valence-corrected chi connectivity index (χ2v) is 12.5. The summed E-state index contributed by atoms with van der Waals surface area (Å²) in [5.74, 6) is -0.100. The lowest BCUT2D eigenvalue weighted by atomic mass is 10.1. The molecule has 2 aromatic heterocycles. The summed E-state index contributed by atoms with van der Waals surface area (Å²) in [7, 11) is -4.02. The van der Waals surface area contributed by atoms with Gasteiger partial charge in [0.25, 0.3) is 0 Å². The molecule has 1 aliphatic carbocycles. The molecule has 3 heterocycles. The molecule has 1 saturated heterocycles. The zero-order valence-electron chi connectivity index (χ0n) is 21.4. The number of fused-ring (bicyclic) bond motifs is 2. The van der Waals surface area contributed by atoms with E-state index in [1.807, 2.05) is 13.8 Å². The number of carbonyl (C=O) groups excluding carboxylic acids is 1. The number of ether oxygens (including phenoxy) is 1. The molecule has 5 rings (SSSR count). The zero-order valence-corrected chi connectivity index (χ0v) is 22.2. The third kappa shape index (κ3) is 5.50. The van der Waals surface area contributed by atoms with Gasteiger partial charge >= 0.3 is 0 Å². The Labute approximate surface area is 222 Å². The van der Waals surface area contributed by atoms with E-state index in [1.54, 1.807) is 18.2 Å². The van der Waals surface area contributed by atoms with Crippen LogP contribution in [0.4, 0.5) is 16.0 Å². The van der Waals surface area contributed by atoms with Crippen LogP contribution in [0.15, 0.2) is 53.6 Å². The summed E-state index contributed by atoms with van der Waals surface area (Å²) in [4.78, 5) is 24.2. The standard InChI is InChI=1S/C28H31FN4O4S/c1-17(2)15-37-22-12-19(11-20(29)13-22)24-9-8-23(28(31-24)33-14-18-6-7-21(33)10-18)25(34)16-38(35,36)27-5-3-4-26(30)32-27/h3-5,8-9,11-13,17-18,21H,6-7,10,14-16H2,1-2H3,(H2,30,32). The van der Waals surface area contributed by atoms with Gasteiger partial charge < -0.3 is 15.4 Å². The number of Topliss-reactive ketones (excluding diaryl/α,β-unsaturated/α-hetero) is 1. The molecule has 200 valence electrons. The summed E-state index contributed by atoms with van der Waals surface area (Å²) >= 11 is 0. The smallest absolute Gasteiger partial charge is 0.203 e. The summed E-state index contributed by atoms with van der Waals surface area (Å²) in [6.45, 7) is 5.21. The SMILES string of the molecule is CC(C)COc1cc(F)cc(-c2ccc(C(=O)CS(=O)(=O)c3cccc(N)n3)c(N3CC4CCC3C4)n2)c1. The van der Waals surface area contributed by atoms with Crippen molar-refractivity contribution in [3.05, 3.63) is 59.9 Å². The number of nitrogens with zero attached hydrogens (tertiary/aromatic N) is 3. The number of anilines is 2. The molecule has 1 saturated carbocycles. The number of benzene rings is 1. The Morgan fingerprint density at radius 1 is 1.16 bits per heavy atom. The molecule has 2 unspecified atom stereocenters. The summed E-state index contributed by atoms with van der Waals surface area (Å²) in [6.07, 6.45) is 3.13. The Morgan fingerprint density at radius 2 is 1.97 bits per heavy atom. The maximum absolute atomic E-state index is 14.5. The van der Waals surface area contributed by atoms with Gasteiger partial charge in [-0.05, 0) is 67.5 Å². The third-order valence-corrected chi connectivity index (χ3v) is 8.50. The van der Waals surface area contributed by atoms with Gasteiger partial charge in [-0.2, -0.15) is 0 Å². The van der Waals surface area contributed by atoms with Gasteiger partial charge in [-0.15, -0.1) is 0 Å². The van der Waals surface area contributed by atoms with Crippen molar-refractivity contribution in [1.29, 1.82) is 0 Å². The number of sulfone groups is 1. The third-order valence-electron chi connectivity index (χ3n) is 6.99. The molecule has 2 fully saturated rings. The molecular weight excluding hydrogens is 507 g/mol. The minimum absolute atomic E-state index is 0.0603. The number of hydrogen-bond acceptors (Lipinski definition) is 8. The van der Waals surface area contributed by atoms with Crippen LogP contribution in [0.1, 0.15) is 43.5 Å². The summed E-state index contributed by atoms with van der Waals surface area (Å²) < 4.78 is 46.2. The molecule has 8 nitrogen and oxygen atoms in total. The molecule has 2 atom stereocenters. The van der Waals surface area contributed by atoms with E-state index in [9.17, 15) is 17.6 Å². The normalized spacial score (nSPS) is 18.8. The minimum Gasteiger partial charge on any atom is -0.493 e. The average Bonchev–Trinajstić information content (AvgIpc) is 3.51. The van der Waals surface area contributed by atoms with Gasteiger partial charge in [-0.3, -0.25) is 4.79 Å². The van der Waals surface area contributed by atoms with Crippen molar-refractivity contribution >= 4 is 27.3 Å². The lowest BCUT2D eigenvalue weighted by molar-refractivity contribution is 0.102. The fraction of sp³-hybridized carbons (Fsp3) is 0.393. The van der Waals surface area contributed by atoms with Gasteiger partial charge in [0.1, 0.15) is 29.0 Å². The first-order valence-electron chi connectivity index (χ1n) is 12.8. The monoisotopic (exact) mass is 538 g/mol. The van der Waals surface area contributed by atoms with E-state index in [2.05, 4.69) is 9.88 Å². The summed E-state index contributed by atoms with van der Waals surface area (Å²) in [5, 5.41) is -0.245. The first-order valence-corrected chi connectivity index (χ1v) is 14.4. The minimum atomic E-state index is -4.02. The Kier molecular flexibility index (Phi) is 7.09. The molecule has 1 aliphatic heterocycles. The lowest BCUT2D eigenvalue weighted by Gasteiger charge is -2.30. The number of rotatable bonds is 9. The lowest BCUT2D eigenvalue weighted by Crippen LogP contribution is -2.34. The van der Waals surface area contributed by atoms with Crippen molar-refractivity contribution < 1.29 is 22.3 Å². The van der Waals surface area contributed by atoms with Crippen LogP contribution in [0.25, 0.3) is 11.3 Å². The molecule has 2 bridgehead atoms. The molecular formula is C28H31FN4O4S. The second-order valence-electron chi connectivity index (χ2n) is 10.5. The van der Waals surface area contributed by atoms with Gasteiger partial charge in [0.2, 0.25) is 9.84 Å². The maximum atomic E-state index is 14.5. The van der Waals surface area contributed by atoms with Gasteiger partial charge in [-0.1, -0.05) is 19.9 Å². The van der Waals surface area contributed by atoms with E-state index >= 15 is 0 Å². The molecule has 0 spiro atoms.